The predicted octanol–water partition coefficient (Wildman–Crippen LogP) is 5.91. The number of nitrogens with two attached hydrogens (primary N) is 1. The van der Waals surface area contributed by atoms with Gasteiger partial charge in [0.15, 0.2) is 0 Å². The van der Waals surface area contributed by atoms with E-state index in [1.54, 1.807) is 54.6 Å². The summed E-state index contributed by atoms with van der Waals surface area (Å²) in [6.45, 7) is -0.0393. The molecular weight excluding hydrogens is 486 g/mol. The first-order valence-electron chi connectivity index (χ1n) is 11.0. The normalized spacial score (nSPS) is 12.9. The monoisotopic (exact) mass is 510 g/mol. The van der Waals surface area contributed by atoms with Gasteiger partial charge in [-0.1, -0.05) is 42.5 Å². The van der Waals surface area contributed by atoms with Gasteiger partial charge in [0.05, 0.1) is 24.3 Å². The standard InChI is InChI=1S/C26H24F6N2O2/c27-25(28,29)22-10-18(11-23(12-22)26(30,31)32)15-36-16-21(19-4-2-1-3-5-19)14-34-24(35)20-8-6-17(13-33)7-9-20/h1-12,21H,13-16,33H2,(H,34,35). The average Bonchev–Trinajstić information content (AvgIpc) is 2.85. The first-order valence-corrected chi connectivity index (χ1v) is 11.0. The van der Waals surface area contributed by atoms with Crippen molar-refractivity contribution in [3.63, 3.8) is 0 Å². The van der Waals surface area contributed by atoms with Gasteiger partial charge in [0.25, 0.3) is 5.91 Å². The second-order valence-corrected chi connectivity index (χ2v) is 8.15. The van der Waals surface area contributed by atoms with Crippen molar-refractivity contribution in [3.8, 4) is 0 Å². The number of amides is 1. The number of hydrogen-bond acceptors (Lipinski definition) is 3. The fraction of sp³-hybridized carbons (Fsp3) is 0.269. The van der Waals surface area contributed by atoms with E-state index in [1.807, 2.05) is 0 Å². The van der Waals surface area contributed by atoms with Gasteiger partial charge in [-0.3, -0.25) is 4.79 Å². The Hall–Kier alpha value is -3.37. The van der Waals surface area contributed by atoms with Crippen LogP contribution in [0.25, 0.3) is 0 Å². The molecule has 3 aromatic rings. The van der Waals surface area contributed by atoms with Crippen molar-refractivity contribution in [2.45, 2.75) is 31.4 Å². The number of benzene rings is 3. The highest BCUT2D eigenvalue weighted by Crippen LogP contribution is 2.36. The second-order valence-electron chi connectivity index (χ2n) is 8.15. The van der Waals surface area contributed by atoms with Gasteiger partial charge < -0.3 is 15.8 Å². The zero-order chi connectivity index (χ0) is 26.3. The Labute approximate surface area is 204 Å². The third-order valence-electron chi connectivity index (χ3n) is 5.47. The minimum atomic E-state index is -4.94. The van der Waals surface area contributed by atoms with Crippen LogP contribution >= 0.6 is 0 Å². The SMILES string of the molecule is NCc1ccc(C(=O)NCC(COCc2cc(C(F)(F)F)cc(C(F)(F)F)c2)c2ccccc2)cc1. The Morgan fingerprint density at radius 2 is 1.42 bits per heavy atom. The molecule has 0 radical (unpaired) electrons. The maximum absolute atomic E-state index is 13.1. The summed E-state index contributed by atoms with van der Waals surface area (Å²) in [7, 11) is 0. The van der Waals surface area contributed by atoms with Crippen LogP contribution in [0, 0.1) is 0 Å². The van der Waals surface area contributed by atoms with E-state index >= 15 is 0 Å². The van der Waals surface area contributed by atoms with Gasteiger partial charge in [-0.05, 0) is 47.0 Å². The van der Waals surface area contributed by atoms with Gasteiger partial charge in [-0.15, -0.1) is 0 Å². The molecule has 1 unspecified atom stereocenters. The Balaban J connectivity index is 1.70. The number of hydrogen-bond donors (Lipinski definition) is 2. The van der Waals surface area contributed by atoms with E-state index in [9.17, 15) is 31.1 Å². The molecule has 4 nitrogen and oxygen atoms in total. The molecule has 0 fully saturated rings. The molecule has 36 heavy (non-hydrogen) atoms. The largest absolute Gasteiger partial charge is 0.416 e. The van der Waals surface area contributed by atoms with Crippen molar-refractivity contribution >= 4 is 5.91 Å². The van der Waals surface area contributed by atoms with E-state index in [4.69, 9.17) is 10.5 Å². The van der Waals surface area contributed by atoms with Gasteiger partial charge in [0.1, 0.15) is 0 Å². The highest BCUT2D eigenvalue weighted by Gasteiger charge is 2.36. The van der Waals surface area contributed by atoms with Crippen LogP contribution in [-0.2, 0) is 30.2 Å². The summed E-state index contributed by atoms with van der Waals surface area (Å²) < 4.78 is 84.2. The van der Waals surface area contributed by atoms with Gasteiger partial charge in [-0.25, -0.2) is 0 Å². The molecule has 10 heteroatoms. The minimum Gasteiger partial charge on any atom is -0.376 e. The zero-order valence-electron chi connectivity index (χ0n) is 19.0. The van der Waals surface area contributed by atoms with Crippen molar-refractivity contribution in [3.05, 3.63) is 106 Å². The quantitative estimate of drug-likeness (QED) is 0.352. The fourth-order valence-corrected chi connectivity index (χ4v) is 3.53. The molecular formula is C26H24F6N2O2. The molecule has 1 amide bonds. The molecule has 0 aliphatic rings. The molecule has 0 heterocycles. The maximum atomic E-state index is 13.1. The van der Waals surface area contributed by atoms with Crippen LogP contribution in [0.5, 0.6) is 0 Å². The molecule has 0 bridgehead atoms. The molecule has 3 rings (SSSR count). The molecule has 0 saturated carbocycles. The number of nitrogens with one attached hydrogen (secondary N) is 1. The Morgan fingerprint density at radius 3 is 1.94 bits per heavy atom. The lowest BCUT2D eigenvalue weighted by molar-refractivity contribution is -0.143. The summed E-state index contributed by atoms with van der Waals surface area (Å²) >= 11 is 0. The third kappa shape index (κ3) is 7.56. The van der Waals surface area contributed by atoms with Crippen LogP contribution in [-0.4, -0.2) is 19.1 Å². The van der Waals surface area contributed by atoms with E-state index in [1.165, 1.54) is 0 Å². The number of ether oxygens (including phenoxy) is 1. The highest BCUT2D eigenvalue weighted by molar-refractivity contribution is 5.94. The lowest BCUT2D eigenvalue weighted by Crippen LogP contribution is -2.30. The first-order chi connectivity index (χ1) is 17.0. The number of carbonyl (C=O) groups is 1. The van der Waals surface area contributed by atoms with Crippen LogP contribution in [0.2, 0.25) is 0 Å². The van der Waals surface area contributed by atoms with Crippen LogP contribution in [0.15, 0.2) is 72.8 Å². The summed E-state index contributed by atoms with van der Waals surface area (Å²) in [6, 6.07) is 17.0. The molecule has 1 atom stereocenters. The van der Waals surface area contributed by atoms with Gasteiger partial charge in [0, 0.05) is 24.6 Å². The average molecular weight is 510 g/mol. The number of rotatable bonds is 9. The van der Waals surface area contributed by atoms with Crippen molar-refractivity contribution in [2.24, 2.45) is 5.73 Å². The van der Waals surface area contributed by atoms with Crippen LogP contribution in [0.4, 0.5) is 26.3 Å². The van der Waals surface area contributed by atoms with Gasteiger partial charge >= 0.3 is 12.4 Å². The van der Waals surface area contributed by atoms with Crippen LogP contribution in [0.3, 0.4) is 0 Å². The predicted molar refractivity (Wildman–Crippen MR) is 122 cm³/mol. The van der Waals surface area contributed by atoms with E-state index in [0.29, 0.717) is 24.2 Å². The van der Waals surface area contributed by atoms with Gasteiger partial charge in [0.2, 0.25) is 0 Å². The Bertz CT molecular complexity index is 1110. The van der Waals surface area contributed by atoms with Crippen LogP contribution < -0.4 is 11.1 Å². The summed E-state index contributed by atoms with van der Waals surface area (Å²) in [6.07, 6.45) is -9.87. The van der Waals surface area contributed by atoms with Crippen LogP contribution in [0.1, 0.15) is 44.1 Å². The molecule has 0 spiro atoms. The topological polar surface area (TPSA) is 64.4 Å². The van der Waals surface area contributed by atoms with E-state index in [-0.39, 0.29) is 30.7 Å². The molecule has 3 aromatic carbocycles. The fourth-order valence-electron chi connectivity index (χ4n) is 3.53. The lowest BCUT2D eigenvalue weighted by Gasteiger charge is -2.19. The third-order valence-corrected chi connectivity index (χ3v) is 5.47. The molecule has 0 aromatic heterocycles. The number of alkyl halides is 6. The molecule has 0 aliphatic heterocycles. The summed E-state index contributed by atoms with van der Waals surface area (Å²) in [5.74, 6) is -0.737. The first kappa shape index (κ1) is 27.2. The number of carbonyl (C=O) groups excluding carboxylic acids is 1. The van der Waals surface area contributed by atoms with E-state index in [2.05, 4.69) is 5.32 Å². The number of halogens is 6. The van der Waals surface area contributed by atoms with Gasteiger partial charge in [-0.2, -0.15) is 26.3 Å². The molecule has 192 valence electrons. The molecule has 0 saturated heterocycles. The van der Waals surface area contributed by atoms with E-state index in [0.717, 1.165) is 11.1 Å². The van der Waals surface area contributed by atoms with Crippen molar-refractivity contribution in [1.82, 2.24) is 5.32 Å². The maximum Gasteiger partial charge on any atom is 0.416 e. The van der Waals surface area contributed by atoms with E-state index < -0.39 is 36.0 Å². The second kappa shape index (κ2) is 11.6. The van der Waals surface area contributed by atoms with Crippen molar-refractivity contribution in [1.29, 1.82) is 0 Å². The van der Waals surface area contributed by atoms with Crippen molar-refractivity contribution < 1.29 is 35.9 Å². The lowest BCUT2D eigenvalue weighted by atomic mass is 9.99. The Kier molecular flexibility index (Phi) is 8.75. The molecule has 3 N–H and O–H groups in total. The summed E-state index contributed by atoms with van der Waals surface area (Å²) in [4.78, 5) is 12.5. The molecule has 0 aliphatic carbocycles. The summed E-state index contributed by atoms with van der Waals surface area (Å²) in [5.41, 5.74) is 4.58. The summed E-state index contributed by atoms with van der Waals surface area (Å²) in [5, 5.41) is 2.79. The highest BCUT2D eigenvalue weighted by atomic mass is 19.4. The van der Waals surface area contributed by atoms with Crippen molar-refractivity contribution in [2.75, 3.05) is 13.2 Å². The zero-order valence-corrected chi connectivity index (χ0v) is 19.0. The Morgan fingerprint density at radius 1 is 0.833 bits per heavy atom. The minimum absolute atomic E-state index is 0.0476. The smallest absolute Gasteiger partial charge is 0.376 e.